The molecule has 20 heavy (non-hydrogen) atoms. The van der Waals surface area contributed by atoms with Crippen molar-refractivity contribution in [3.63, 3.8) is 0 Å². The van der Waals surface area contributed by atoms with Crippen LogP contribution in [0.25, 0.3) is 0 Å². The molecule has 0 fully saturated rings. The number of ether oxygens (including phenoxy) is 1. The van der Waals surface area contributed by atoms with E-state index in [0.717, 1.165) is 41.4 Å². The Balaban J connectivity index is 2.13. The molecule has 2 rings (SSSR count). The maximum Gasteiger partial charge on any atom is 0.207 e. The summed E-state index contributed by atoms with van der Waals surface area (Å²) in [7, 11) is 1.73. The van der Waals surface area contributed by atoms with Crippen molar-refractivity contribution in [1.29, 1.82) is 0 Å². The lowest BCUT2D eigenvalue weighted by molar-refractivity contribution is 0.190. The summed E-state index contributed by atoms with van der Waals surface area (Å²) in [4.78, 5) is 4.54. The number of rotatable bonds is 6. The Morgan fingerprint density at radius 3 is 2.85 bits per heavy atom. The molecule has 5 heteroatoms. The Bertz CT molecular complexity index is 580. The number of nitrogens with zero attached hydrogens (tertiary/aromatic N) is 2. The summed E-state index contributed by atoms with van der Waals surface area (Å²) in [6, 6.07) is 6.19. The van der Waals surface area contributed by atoms with Gasteiger partial charge in [-0.2, -0.15) is 0 Å². The highest BCUT2D eigenvalue weighted by Crippen LogP contribution is 2.23. The number of nitrogens with one attached hydrogen (secondary N) is 1. The molecule has 0 aliphatic rings. The molecule has 1 N–H and O–H groups in total. The molecule has 0 atom stereocenters. The quantitative estimate of drug-likeness (QED) is 0.808. The Kier molecular flexibility index (Phi) is 5.20. The van der Waals surface area contributed by atoms with Gasteiger partial charge in [-0.15, -0.1) is 0 Å². The second-order valence-corrected chi connectivity index (χ2v) is 5.69. The van der Waals surface area contributed by atoms with E-state index in [4.69, 9.17) is 4.74 Å². The zero-order valence-corrected chi connectivity index (χ0v) is 13.7. The van der Waals surface area contributed by atoms with Gasteiger partial charge in [0.25, 0.3) is 0 Å². The van der Waals surface area contributed by atoms with E-state index in [2.05, 4.69) is 50.0 Å². The molecule has 4 nitrogen and oxygen atoms in total. The zero-order chi connectivity index (χ0) is 14.5. The second kappa shape index (κ2) is 6.90. The average molecular weight is 338 g/mol. The Morgan fingerprint density at radius 1 is 1.35 bits per heavy atom. The lowest BCUT2D eigenvalue weighted by Gasteiger charge is -2.10. The third kappa shape index (κ3) is 3.84. The number of aryl methyl sites for hydroxylation is 3. The first kappa shape index (κ1) is 15.1. The predicted molar refractivity (Wildman–Crippen MR) is 85.6 cm³/mol. The first-order valence-corrected chi connectivity index (χ1v) is 7.45. The van der Waals surface area contributed by atoms with Crippen LogP contribution in [0, 0.1) is 13.8 Å². The van der Waals surface area contributed by atoms with Gasteiger partial charge in [-0.05, 0) is 44.0 Å². The highest BCUT2D eigenvalue weighted by molar-refractivity contribution is 9.10. The molecule has 2 aromatic rings. The Hall–Kier alpha value is -1.33. The molecular formula is C15H20BrN3O. The molecule has 0 aliphatic carbocycles. The van der Waals surface area contributed by atoms with Gasteiger partial charge in [-0.1, -0.05) is 15.9 Å². The van der Waals surface area contributed by atoms with E-state index in [-0.39, 0.29) is 0 Å². The monoisotopic (exact) mass is 337 g/mol. The van der Waals surface area contributed by atoms with E-state index in [0.29, 0.717) is 0 Å². The molecule has 0 saturated carbocycles. The minimum atomic E-state index is 0.758. The van der Waals surface area contributed by atoms with Crippen LogP contribution in [0.15, 0.2) is 28.9 Å². The first-order valence-electron chi connectivity index (χ1n) is 6.66. The summed E-state index contributed by atoms with van der Waals surface area (Å²) in [6.07, 6.45) is 3.03. The van der Waals surface area contributed by atoms with Gasteiger partial charge in [-0.25, -0.2) is 4.98 Å². The van der Waals surface area contributed by atoms with Gasteiger partial charge in [0, 0.05) is 36.6 Å². The van der Waals surface area contributed by atoms with E-state index >= 15 is 0 Å². The molecule has 0 saturated heterocycles. The van der Waals surface area contributed by atoms with E-state index in [1.54, 1.807) is 7.11 Å². The number of imidazole rings is 1. The fraction of sp³-hybridized carbons (Fsp3) is 0.400. The van der Waals surface area contributed by atoms with Crippen LogP contribution in [-0.2, 0) is 11.3 Å². The van der Waals surface area contributed by atoms with Crippen LogP contribution < -0.4 is 5.32 Å². The van der Waals surface area contributed by atoms with Gasteiger partial charge < -0.3 is 14.6 Å². The predicted octanol–water partition coefficient (Wildman–Crippen LogP) is 4.04. The van der Waals surface area contributed by atoms with Crippen molar-refractivity contribution in [2.24, 2.45) is 0 Å². The molecule has 0 unspecified atom stereocenters. The molecule has 1 aromatic carbocycles. The van der Waals surface area contributed by atoms with Gasteiger partial charge in [0.2, 0.25) is 5.95 Å². The summed E-state index contributed by atoms with van der Waals surface area (Å²) >= 11 is 3.51. The normalized spacial score (nSPS) is 10.8. The van der Waals surface area contributed by atoms with Crippen molar-refractivity contribution < 1.29 is 4.74 Å². The minimum Gasteiger partial charge on any atom is -0.385 e. The second-order valence-electron chi connectivity index (χ2n) is 4.83. The van der Waals surface area contributed by atoms with Gasteiger partial charge in [0.1, 0.15) is 0 Å². The fourth-order valence-electron chi connectivity index (χ4n) is 2.05. The number of benzene rings is 1. The van der Waals surface area contributed by atoms with Crippen LogP contribution in [0.5, 0.6) is 0 Å². The van der Waals surface area contributed by atoms with Crippen molar-refractivity contribution in [2.45, 2.75) is 26.8 Å². The highest BCUT2D eigenvalue weighted by Gasteiger charge is 2.06. The zero-order valence-electron chi connectivity index (χ0n) is 12.1. The molecular weight excluding hydrogens is 318 g/mol. The van der Waals surface area contributed by atoms with Crippen molar-refractivity contribution in [2.75, 3.05) is 19.0 Å². The van der Waals surface area contributed by atoms with Crippen LogP contribution in [0.2, 0.25) is 0 Å². The van der Waals surface area contributed by atoms with Crippen LogP contribution in [0.3, 0.4) is 0 Å². The maximum absolute atomic E-state index is 5.10. The first-order chi connectivity index (χ1) is 9.60. The molecule has 0 bridgehead atoms. The number of hydrogen-bond donors (Lipinski definition) is 1. The third-order valence-electron chi connectivity index (χ3n) is 3.06. The summed E-state index contributed by atoms with van der Waals surface area (Å²) in [5, 5.41) is 3.38. The molecule has 1 heterocycles. The molecule has 0 aliphatic heterocycles. The molecule has 0 radical (unpaired) electrons. The Labute approximate surface area is 128 Å². The van der Waals surface area contributed by atoms with E-state index in [1.165, 1.54) is 5.56 Å². The number of aromatic nitrogens is 2. The maximum atomic E-state index is 5.10. The van der Waals surface area contributed by atoms with Crippen molar-refractivity contribution in [3.8, 4) is 0 Å². The Morgan fingerprint density at radius 2 is 2.15 bits per heavy atom. The van der Waals surface area contributed by atoms with Crippen LogP contribution in [0.4, 0.5) is 11.6 Å². The van der Waals surface area contributed by atoms with Crippen LogP contribution >= 0.6 is 15.9 Å². The number of anilines is 2. The van der Waals surface area contributed by atoms with E-state index in [9.17, 15) is 0 Å². The van der Waals surface area contributed by atoms with Crippen LogP contribution in [-0.4, -0.2) is 23.3 Å². The fourth-order valence-corrected chi connectivity index (χ4v) is 2.29. The van der Waals surface area contributed by atoms with Gasteiger partial charge in [0.15, 0.2) is 0 Å². The summed E-state index contributed by atoms with van der Waals surface area (Å²) in [6.45, 7) is 5.73. The SMILES string of the molecule is COCCCn1cc(C)nc1Nc1ccc(Br)c(C)c1. The molecule has 108 valence electrons. The van der Waals surface area contributed by atoms with E-state index < -0.39 is 0 Å². The van der Waals surface area contributed by atoms with Crippen molar-refractivity contribution in [1.82, 2.24) is 9.55 Å². The standard InChI is InChI=1S/C15H20BrN3O/c1-11-9-13(5-6-14(11)16)18-15-17-12(2)10-19(15)7-4-8-20-3/h5-6,9-10H,4,7-8H2,1-3H3,(H,17,18). The van der Waals surface area contributed by atoms with Gasteiger partial charge >= 0.3 is 0 Å². The van der Waals surface area contributed by atoms with E-state index in [1.807, 2.05) is 19.1 Å². The smallest absolute Gasteiger partial charge is 0.207 e. The lowest BCUT2D eigenvalue weighted by Crippen LogP contribution is -2.05. The molecule has 0 amide bonds. The summed E-state index contributed by atoms with van der Waals surface area (Å²) in [5.74, 6) is 0.875. The summed E-state index contributed by atoms with van der Waals surface area (Å²) < 4.78 is 8.34. The molecule has 1 aromatic heterocycles. The summed E-state index contributed by atoms with van der Waals surface area (Å²) in [5.41, 5.74) is 3.26. The highest BCUT2D eigenvalue weighted by atomic mass is 79.9. The number of halogens is 1. The number of hydrogen-bond acceptors (Lipinski definition) is 3. The van der Waals surface area contributed by atoms with Crippen LogP contribution in [0.1, 0.15) is 17.7 Å². The largest absolute Gasteiger partial charge is 0.385 e. The number of methoxy groups -OCH3 is 1. The van der Waals surface area contributed by atoms with Crippen molar-refractivity contribution in [3.05, 3.63) is 40.1 Å². The minimum absolute atomic E-state index is 0.758. The van der Waals surface area contributed by atoms with Crippen molar-refractivity contribution >= 4 is 27.6 Å². The average Bonchev–Trinajstić information content (AvgIpc) is 2.74. The third-order valence-corrected chi connectivity index (χ3v) is 3.95. The molecule has 0 spiro atoms. The van der Waals surface area contributed by atoms with Gasteiger partial charge in [0.05, 0.1) is 5.69 Å². The lowest BCUT2D eigenvalue weighted by atomic mass is 10.2. The topological polar surface area (TPSA) is 39.1 Å². The van der Waals surface area contributed by atoms with Gasteiger partial charge in [-0.3, -0.25) is 0 Å².